The Morgan fingerprint density at radius 2 is 1.88 bits per heavy atom. The van der Waals surface area contributed by atoms with Gasteiger partial charge in [-0.1, -0.05) is 11.8 Å². The third kappa shape index (κ3) is 4.72. The van der Waals surface area contributed by atoms with Crippen LogP contribution in [-0.2, 0) is 16.0 Å². The van der Waals surface area contributed by atoms with E-state index in [1.165, 1.54) is 16.7 Å². The smallest absolute Gasteiger partial charge is 0.253 e. The van der Waals surface area contributed by atoms with Crippen LogP contribution in [0.1, 0.15) is 37.7 Å². The second kappa shape index (κ2) is 7.61. The van der Waals surface area contributed by atoms with Crippen LogP contribution in [0.3, 0.4) is 0 Å². The van der Waals surface area contributed by atoms with Crippen molar-refractivity contribution in [2.24, 2.45) is 0 Å². The van der Waals surface area contributed by atoms with Crippen molar-refractivity contribution in [3.8, 4) is 0 Å². The van der Waals surface area contributed by atoms with Gasteiger partial charge in [0.2, 0.25) is 17.0 Å². The van der Waals surface area contributed by atoms with Crippen LogP contribution in [0.4, 0.5) is 0 Å². The van der Waals surface area contributed by atoms with E-state index in [9.17, 15) is 9.59 Å². The number of thioether (sulfide) groups is 1. The molecular weight excluding hydrogens is 352 g/mol. The number of rotatable bonds is 5. The van der Waals surface area contributed by atoms with Gasteiger partial charge in [0.15, 0.2) is 0 Å². The number of carbonyl (C=O) groups excluding carboxylic acids is 2. The molecule has 2 amide bonds. The molecule has 8 nitrogen and oxygen atoms in total. The van der Waals surface area contributed by atoms with Crippen molar-refractivity contribution in [2.45, 2.75) is 51.7 Å². The molecule has 2 aromatic rings. The van der Waals surface area contributed by atoms with Gasteiger partial charge in [-0.15, -0.1) is 5.10 Å². The highest BCUT2D eigenvalue weighted by molar-refractivity contribution is 7.98. The molecule has 2 rings (SSSR count). The van der Waals surface area contributed by atoms with Crippen LogP contribution in [0, 0.1) is 13.8 Å². The lowest BCUT2D eigenvalue weighted by atomic mass is 10.1. The monoisotopic (exact) mass is 378 g/mol. The molecule has 2 heterocycles. The summed E-state index contributed by atoms with van der Waals surface area (Å²) in [7, 11) is 1.63. The fourth-order valence-corrected chi connectivity index (χ4v) is 2.92. The van der Waals surface area contributed by atoms with Crippen LogP contribution >= 0.6 is 11.8 Å². The largest absolute Gasteiger partial charge is 0.350 e. The number of hydrogen-bond acceptors (Lipinski definition) is 6. The molecule has 2 aromatic heterocycles. The molecule has 0 radical (unpaired) electrons. The Bertz CT molecular complexity index is 840. The lowest BCUT2D eigenvalue weighted by Crippen LogP contribution is -2.46. The van der Waals surface area contributed by atoms with Gasteiger partial charge in [0.1, 0.15) is 0 Å². The first-order chi connectivity index (χ1) is 12.0. The number of amides is 2. The Morgan fingerprint density at radius 3 is 2.46 bits per heavy atom. The third-order valence-electron chi connectivity index (χ3n) is 3.86. The zero-order valence-corrected chi connectivity index (χ0v) is 17.2. The molecule has 142 valence electrons. The zero-order valence-electron chi connectivity index (χ0n) is 16.4. The van der Waals surface area contributed by atoms with Crippen molar-refractivity contribution in [2.75, 3.05) is 19.8 Å². The predicted molar refractivity (Wildman–Crippen MR) is 101 cm³/mol. The van der Waals surface area contributed by atoms with Gasteiger partial charge in [-0.2, -0.15) is 4.98 Å². The minimum Gasteiger partial charge on any atom is -0.350 e. The summed E-state index contributed by atoms with van der Waals surface area (Å²) >= 11 is 1.44. The predicted octanol–water partition coefficient (Wildman–Crippen LogP) is 1.38. The molecule has 0 saturated carbocycles. The van der Waals surface area contributed by atoms with Crippen LogP contribution in [0.25, 0.3) is 5.78 Å². The molecule has 0 fully saturated rings. The van der Waals surface area contributed by atoms with Gasteiger partial charge in [0.25, 0.3) is 5.78 Å². The Labute approximate surface area is 157 Å². The van der Waals surface area contributed by atoms with Crippen LogP contribution in [0.2, 0.25) is 0 Å². The van der Waals surface area contributed by atoms with E-state index in [2.05, 4.69) is 20.4 Å². The van der Waals surface area contributed by atoms with Gasteiger partial charge in [0.05, 0.1) is 13.0 Å². The highest BCUT2D eigenvalue weighted by Crippen LogP contribution is 2.17. The zero-order chi connectivity index (χ0) is 19.6. The highest BCUT2D eigenvalue weighted by Gasteiger charge is 2.21. The quantitative estimate of drug-likeness (QED) is 0.790. The average Bonchev–Trinajstić information content (AvgIpc) is 2.92. The summed E-state index contributed by atoms with van der Waals surface area (Å²) in [5.74, 6) is 0.196. The topological polar surface area (TPSA) is 92.5 Å². The summed E-state index contributed by atoms with van der Waals surface area (Å²) in [6.07, 6.45) is 2.06. The van der Waals surface area contributed by atoms with Gasteiger partial charge in [-0.05, 0) is 40.9 Å². The highest BCUT2D eigenvalue weighted by atomic mass is 32.2. The molecular formula is C17H26N6O2S. The van der Waals surface area contributed by atoms with Gasteiger partial charge in [0, 0.05) is 29.5 Å². The lowest BCUT2D eigenvalue weighted by molar-refractivity contribution is -0.134. The number of hydrogen-bond donors (Lipinski definition) is 1. The minimum atomic E-state index is -0.328. The summed E-state index contributed by atoms with van der Waals surface area (Å²) in [5, 5.41) is 7.88. The Morgan fingerprint density at radius 1 is 1.23 bits per heavy atom. The summed E-state index contributed by atoms with van der Waals surface area (Å²) in [6, 6.07) is 0. The van der Waals surface area contributed by atoms with E-state index in [1.807, 2.05) is 40.9 Å². The van der Waals surface area contributed by atoms with Crippen molar-refractivity contribution in [3.63, 3.8) is 0 Å². The van der Waals surface area contributed by atoms with E-state index in [4.69, 9.17) is 0 Å². The fraction of sp³-hybridized carbons (Fsp3) is 0.588. The standard InChI is InChI=1S/C17H26N6O2S/c1-10-12(11(2)23-15(18-10)19-16(21-23)26-7)8-14(25)22(6)9-13(24)20-17(3,4)5/h8-9H2,1-7H3,(H,20,24). The van der Waals surface area contributed by atoms with Crippen LogP contribution in [0.15, 0.2) is 5.16 Å². The number of carbonyl (C=O) groups is 2. The normalized spacial score (nSPS) is 11.7. The number of fused-ring (bicyclic) bond motifs is 1. The summed E-state index contributed by atoms with van der Waals surface area (Å²) in [6.45, 7) is 9.48. The van der Waals surface area contributed by atoms with E-state index >= 15 is 0 Å². The molecule has 0 aliphatic rings. The van der Waals surface area contributed by atoms with Crippen LogP contribution in [-0.4, -0.2) is 61.7 Å². The van der Waals surface area contributed by atoms with Crippen molar-refractivity contribution in [3.05, 3.63) is 17.0 Å². The molecule has 0 aliphatic carbocycles. The Kier molecular flexibility index (Phi) is 5.90. The number of likely N-dealkylation sites (N-methyl/N-ethyl adjacent to an activating group) is 1. The molecule has 0 aromatic carbocycles. The van der Waals surface area contributed by atoms with E-state index in [-0.39, 0.29) is 30.3 Å². The third-order valence-corrected chi connectivity index (χ3v) is 4.40. The minimum absolute atomic E-state index is 0.0177. The molecule has 9 heteroatoms. The molecule has 26 heavy (non-hydrogen) atoms. The lowest BCUT2D eigenvalue weighted by Gasteiger charge is -2.23. The van der Waals surface area contributed by atoms with Gasteiger partial charge >= 0.3 is 0 Å². The Hall–Kier alpha value is -2.16. The van der Waals surface area contributed by atoms with Crippen molar-refractivity contribution in [1.82, 2.24) is 29.8 Å². The first-order valence-electron chi connectivity index (χ1n) is 8.33. The van der Waals surface area contributed by atoms with Gasteiger partial charge in [-0.25, -0.2) is 9.50 Å². The first kappa shape index (κ1) is 20.2. The second-order valence-electron chi connectivity index (χ2n) is 7.30. The van der Waals surface area contributed by atoms with Crippen molar-refractivity contribution < 1.29 is 9.59 Å². The second-order valence-corrected chi connectivity index (χ2v) is 8.07. The maximum atomic E-state index is 12.6. The number of aromatic nitrogens is 4. The fourth-order valence-electron chi connectivity index (χ4n) is 2.58. The maximum Gasteiger partial charge on any atom is 0.253 e. The molecule has 0 unspecified atom stereocenters. The first-order valence-corrected chi connectivity index (χ1v) is 9.56. The SMILES string of the molecule is CSc1nc2nc(C)c(CC(=O)N(C)CC(=O)NC(C)(C)C)c(C)n2n1. The molecule has 0 saturated heterocycles. The average molecular weight is 379 g/mol. The van der Waals surface area contributed by atoms with E-state index in [0.29, 0.717) is 10.9 Å². The molecule has 0 atom stereocenters. The van der Waals surface area contributed by atoms with E-state index in [0.717, 1.165) is 17.0 Å². The van der Waals surface area contributed by atoms with Crippen molar-refractivity contribution in [1.29, 1.82) is 0 Å². The summed E-state index contributed by atoms with van der Waals surface area (Å²) < 4.78 is 1.66. The molecule has 0 aliphatic heterocycles. The van der Waals surface area contributed by atoms with E-state index < -0.39 is 0 Å². The van der Waals surface area contributed by atoms with Crippen molar-refractivity contribution >= 4 is 29.4 Å². The van der Waals surface area contributed by atoms with E-state index in [1.54, 1.807) is 11.6 Å². The number of aryl methyl sites for hydroxylation is 2. The number of nitrogens with zero attached hydrogens (tertiary/aromatic N) is 5. The maximum absolute atomic E-state index is 12.6. The molecule has 0 spiro atoms. The van der Waals surface area contributed by atoms with Crippen LogP contribution < -0.4 is 5.32 Å². The van der Waals surface area contributed by atoms with Crippen LogP contribution in [0.5, 0.6) is 0 Å². The molecule has 0 bridgehead atoms. The summed E-state index contributed by atoms with van der Waals surface area (Å²) in [5.41, 5.74) is 2.06. The Balaban J connectivity index is 2.16. The summed E-state index contributed by atoms with van der Waals surface area (Å²) in [4.78, 5) is 34.8. The number of nitrogens with one attached hydrogen (secondary N) is 1. The van der Waals surface area contributed by atoms with Gasteiger partial charge in [-0.3, -0.25) is 9.59 Å². The molecule has 1 N–H and O–H groups in total. The van der Waals surface area contributed by atoms with Gasteiger partial charge < -0.3 is 10.2 Å².